The maximum atomic E-state index is 10.3. The predicted octanol–water partition coefficient (Wildman–Crippen LogP) is 2.88. The summed E-state index contributed by atoms with van der Waals surface area (Å²) >= 11 is 0. The molecule has 0 fully saturated rings. The molecule has 0 spiro atoms. The summed E-state index contributed by atoms with van der Waals surface area (Å²) in [5, 5.41) is 32.5. The molecule has 5 nitrogen and oxygen atoms in total. The smallest absolute Gasteiger partial charge is 0.303 e. The molecule has 0 saturated carbocycles. The molecule has 0 aliphatic carbocycles. The van der Waals surface area contributed by atoms with E-state index >= 15 is 0 Å². The molecule has 0 saturated heterocycles. The summed E-state index contributed by atoms with van der Waals surface area (Å²) in [5.41, 5.74) is 0. The molecule has 0 heterocycles. The second-order valence-corrected chi connectivity index (χ2v) is 5.33. The van der Waals surface area contributed by atoms with E-state index < -0.39 is 12.1 Å². The number of aliphatic hydroxyl groups excluding tert-OH is 3. The first-order valence-corrected chi connectivity index (χ1v) is 8.35. The van der Waals surface area contributed by atoms with Gasteiger partial charge in [-0.05, 0) is 25.7 Å². The Kier molecular flexibility index (Phi) is 21.3. The highest BCUT2D eigenvalue weighted by molar-refractivity contribution is 5.66. The van der Waals surface area contributed by atoms with Crippen LogP contribution < -0.4 is 0 Å². The zero-order valence-electron chi connectivity index (χ0n) is 13.9. The minimum Gasteiger partial charge on any atom is -0.481 e. The Bertz CT molecular complexity index is 249. The van der Waals surface area contributed by atoms with Gasteiger partial charge in [-0.1, -0.05) is 51.2 Å². The molecule has 0 unspecified atom stereocenters. The van der Waals surface area contributed by atoms with E-state index in [0.717, 1.165) is 12.8 Å². The molecule has 0 rings (SSSR count). The molecule has 0 atom stereocenters. The van der Waals surface area contributed by atoms with Crippen molar-refractivity contribution >= 4 is 5.97 Å². The van der Waals surface area contributed by atoms with Gasteiger partial charge in [-0.25, -0.2) is 0 Å². The first-order valence-electron chi connectivity index (χ1n) is 8.35. The quantitative estimate of drug-likeness (QED) is 0.309. The van der Waals surface area contributed by atoms with Gasteiger partial charge in [-0.15, -0.1) is 0 Å². The van der Waals surface area contributed by atoms with E-state index in [1.165, 1.54) is 44.9 Å². The number of carboxylic acids is 1. The van der Waals surface area contributed by atoms with Crippen LogP contribution in [0.5, 0.6) is 0 Å². The van der Waals surface area contributed by atoms with Crippen LogP contribution in [0.4, 0.5) is 0 Å². The topological polar surface area (TPSA) is 98.0 Å². The monoisotopic (exact) mass is 318 g/mol. The molecule has 0 aromatic carbocycles. The molecule has 0 aliphatic heterocycles. The van der Waals surface area contributed by atoms with Crippen molar-refractivity contribution in [2.75, 3.05) is 13.2 Å². The number of carboxylic acid groups (broad SMARTS) is 1. The average Bonchev–Trinajstić information content (AvgIpc) is 2.52. The van der Waals surface area contributed by atoms with Crippen LogP contribution >= 0.6 is 0 Å². The zero-order valence-corrected chi connectivity index (χ0v) is 13.9. The lowest BCUT2D eigenvalue weighted by molar-refractivity contribution is -0.137. The van der Waals surface area contributed by atoms with Gasteiger partial charge in [0.25, 0.3) is 0 Å². The average molecular weight is 318 g/mol. The molecule has 0 aromatic heterocycles. The number of carbonyl (C=O) groups is 1. The first-order chi connectivity index (χ1) is 10.6. The van der Waals surface area contributed by atoms with Gasteiger partial charge in [0.2, 0.25) is 0 Å². The Hall–Kier alpha value is -0.910. The summed E-state index contributed by atoms with van der Waals surface area (Å²) in [7, 11) is 0. The Morgan fingerprint density at radius 1 is 0.909 bits per heavy atom. The maximum Gasteiger partial charge on any atom is 0.303 e. The molecular weight excluding hydrogens is 284 g/mol. The number of unbranched alkanes of at least 4 members (excludes halogenated alkanes) is 7. The molecule has 0 amide bonds. The van der Waals surface area contributed by atoms with E-state index in [0.29, 0.717) is 6.42 Å². The van der Waals surface area contributed by atoms with Gasteiger partial charge in [-0.2, -0.15) is 0 Å². The minimum atomic E-state index is -0.954. The van der Waals surface area contributed by atoms with E-state index in [1.54, 1.807) is 0 Å². The van der Waals surface area contributed by atoms with Crippen molar-refractivity contribution in [3.63, 3.8) is 0 Å². The van der Waals surface area contributed by atoms with Gasteiger partial charge in [0, 0.05) is 6.42 Å². The Labute approximate surface area is 134 Å². The molecule has 22 heavy (non-hydrogen) atoms. The highest BCUT2D eigenvalue weighted by Gasteiger charge is 1.95. The summed E-state index contributed by atoms with van der Waals surface area (Å²) in [5.74, 6) is -0.668. The van der Waals surface area contributed by atoms with Crippen molar-refractivity contribution in [2.24, 2.45) is 0 Å². The number of hydrogen-bond acceptors (Lipinski definition) is 4. The van der Waals surface area contributed by atoms with Crippen molar-refractivity contribution < 1.29 is 25.2 Å². The number of aliphatic carboxylic acids is 1. The Morgan fingerprint density at radius 3 is 1.86 bits per heavy atom. The van der Waals surface area contributed by atoms with Crippen LogP contribution in [0.25, 0.3) is 0 Å². The number of rotatable bonds is 13. The number of hydrogen-bond donors (Lipinski definition) is 4. The largest absolute Gasteiger partial charge is 0.481 e. The second-order valence-electron chi connectivity index (χ2n) is 5.33. The summed E-state index contributed by atoms with van der Waals surface area (Å²) in [6.07, 6.45) is 14.5. The van der Waals surface area contributed by atoms with Gasteiger partial charge in [0.05, 0.1) is 13.2 Å². The first kappa shape index (κ1) is 23.4. The highest BCUT2D eigenvalue weighted by Crippen LogP contribution is 2.08. The van der Waals surface area contributed by atoms with Crippen LogP contribution in [-0.4, -0.2) is 45.7 Å². The van der Waals surface area contributed by atoms with Crippen molar-refractivity contribution in [2.45, 2.75) is 77.2 Å². The molecule has 5 heteroatoms. The minimum absolute atomic E-state index is 0.330. The van der Waals surface area contributed by atoms with Crippen LogP contribution in [0.1, 0.15) is 71.1 Å². The van der Waals surface area contributed by atoms with E-state index in [2.05, 4.69) is 19.1 Å². The van der Waals surface area contributed by atoms with Crippen molar-refractivity contribution in [3.05, 3.63) is 12.2 Å². The van der Waals surface area contributed by atoms with E-state index in [9.17, 15) is 4.79 Å². The fourth-order valence-electron chi connectivity index (χ4n) is 1.68. The van der Waals surface area contributed by atoms with Gasteiger partial charge >= 0.3 is 5.97 Å². The standard InChI is InChI=1S/C14H26O2.C3H8O3/c1-2-3-4-5-6-7-8-9-10-11-12-13-14(15)16;4-1-3(6)2-5/h5-6H,2-4,7-13H2,1H3,(H,15,16);3-6H,1-2H2. The van der Waals surface area contributed by atoms with E-state index in [4.69, 9.17) is 20.4 Å². The highest BCUT2D eigenvalue weighted by atomic mass is 16.4. The van der Waals surface area contributed by atoms with Crippen LogP contribution in [0, 0.1) is 0 Å². The molecule has 4 N–H and O–H groups in total. The Balaban J connectivity index is 0. The third-order valence-electron chi connectivity index (χ3n) is 3.07. The molecule has 0 aromatic rings. The van der Waals surface area contributed by atoms with Crippen LogP contribution in [0.15, 0.2) is 12.2 Å². The molecule has 132 valence electrons. The van der Waals surface area contributed by atoms with Crippen molar-refractivity contribution in [1.82, 2.24) is 0 Å². The Morgan fingerprint density at radius 2 is 1.41 bits per heavy atom. The second kappa shape index (κ2) is 20.1. The van der Waals surface area contributed by atoms with E-state index in [-0.39, 0.29) is 13.2 Å². The van der Waals surface area contributed by atoms with Crippen LogP contribution in [0.2, 0.25) is 0 Å². The molecule has 0 aliphatic rings. The van der Waals surface area contributed by atoms with Gasteiger partial charge in [0.1, 0.15) is 6.10 Å². The molecule has 0 bridgehead atoms. The van der Waals surface area contributed by atoms with Crippen molar-refractivity contribution in [3.8, 4) is 0 Å². The van der Waals surface area contributed by atoms with E-state index in [1.807, 2.05) is 0 Å². The lowest BCUT2D eigenvalue weighted by Crippen LogP contribution is -2.15. The van der Waals surface area contributed by atoms with Crippen molar-refractivity contribution in [1.29, 1.82) is 0 Å². The fraction of sp³-hybridized carbons (Fsp3) is 0.824. The predicted molar refractivity (Wildman–Crippen MR) is 88.8 cm³/mol. The zero-order chi connectivity index (χ0) is 17.1. The van der Waals surface area contributed by atoms with Gasteiger partial charge in [0.15, 0.2) is 0 Å². The number of allylic oxidation sites excluding steroid dienone is 2. The normalized spacial score (nSPS) is 10.8. The lowest BCUT2D eigenvalue weighted by atomic mass is 10.1. The summed E-state index contributed by atoms with van der Waals surface area (Å²) < 4.78 is 0. The van der Waals surface area contributed by atoms with Crippen LogP contribution in [0.3, 0.4) is 0 Å². The lowest BCUT2D eigenvalue weighted by Gasteiger charge is -1.98. The summed E-state index contributed by atoms with van der Waals surface area (Å²) in [6.45, 7) is 1.48. The van der Waals surface area contributed by atoms with Gasteiger partial charge < -0.3 is 20.4 Å². The maximum absolute atomic E-state index is 10.3. The number of aliphatic hydroxyl groups is 3. The third-order valence-corrected chi connectivity index (χ3v) is 3.07. The fourth-order valence-corrected chi connectivity index (χ4v) is 1.68. The summed E-state index contributed by atoms with van der Waals surface area (Å²) in [4.78, 5) is 10.3. The van der Waals surface area contributed by atoms with Gasteiger partial charge in [-0.3, -0.25) is 4.79 Å². The van der Waals surface area contributed by atoms with Crippen LogP contribution in [-0.2, 0) is 4.79 Å². The summed E-state index contributed by atoms with van der Waals surface area (Å²) in [6, 6.07) is 0. The third kappa shape index (κ3) is 24.1. The molecular formula is C17H34O5. The SMILES string of the molecule is CCCCC=CCCCCCCCC(=O)O.OCC(O)CO. The molecule has 0 radical (unpaired) electrons.